The largest absolute Gasteiger partial charge is 0.496 e. The molecule has 2 heterocycles. The molecule has 0 saturated carbocycles. The maximum absolute atomic E-state index is 13.0. The van der Waals surface area contributed by atoms with Crippen LogP contribution < -0.4 is 10.1 Å². The van der Waals surface area contributed by atoms with E-state index in [1.807, 2.05) is 66.7 Å². The normalized spacial score (nSPS) is 10.5. The van der Waals surface area contributed by atoms with Gasteiger partial charge in [0.05, 0.1) is 12.8 Å². The lowest BCUT2D eigenvalue weighted by Gasteiger charge is -2.10. The molecule has 0 aliphatic carbocycles. The Morgan fingerprint density at radius 3 is 2.59 bits per heavy atom. The van der Waals surface area contributed by atoms with E-state index in [4.69, 9.17) is 4.74 Å². The minimum absolute atomic E-state index is 0.233. The third-order valence-corrected chi connectivity index (χ3v) is 4.45. The van der Waals surface area contributed by atoms with Crippen LogP contribution >= 0.6 is 0 Å². The van der Waals surface area contributed by atoms with Crippen molar-refractivity contribution in [3.05, 3.63) is 90.4 Å². The molecule has 4 aromatic rings. The van der Waals surface area contributed by atoms with E-state index < -0.39 is 0 Å². The first-order chi connectivity index (χ1) is 14.3. The second kappa shape index (κ2) is 8.35. The molecule has 0 atom stereocenters. The Kier molecular flexibility index (Phi) is 5.29. The van der Waals surface area contributed by atoms with E-state index in [9.17, 15) is 4.79 Å². The van der Waals surface area contributed by atoms with Crippen molar-refractivity contribution < 1.29 is 9.53 Å². The fraction of sp³-hybridized carbons (Fsp3) is 0.0909. The first-order valence-electron chi connectivity index (χ1n) is 9.09. The summed E-state index contributed by atoms with van der Waals surface area (Å²) in [6.45, 7) is 0.313. The van der Waals surface area contributed by atoms with Crippen LogP contribution in [-0.2, 0) is 6.54 Å². The summed E-state index contributed by atoms with van der Waals surface area (Å²) in [7, 11) is 1.60. The van der Waals surface area contributed by atoms with Crippen molar-refractivity contribution in [2.75, 3.05) is 7.11 Å². The Bertz CT molecular complexity index is 1110. The zero-order chi connectivity index (χ0) is 20.1. The molecule has 144 valence electrons. The predicted molar refractivity (Wildman–Crippen MR) is 109 cm³/mol. The van der Waals surface area contributed by atoms with Gasteiger partial charge in [0.1, 0.15) is 11.4 Å². The van der Waals surface area contributed by atoms with Gasteiger partial charge in [-0.1, -0.05) is 41.6 Å². The van der Waals surface area contributed by atoms with E-state index >= 15 is 0 Å². The van der Waals surface area contributed by atoms with E-state index in [1.165, 1.54) is 0 Å². The topological polar surface area (TPSA) is 81.9 Å². The number of ether oxygens (including phenoxy) is 1. The van der Waals surface area contributed by atoms with Gasteiger partial charge >= 0.3 is 0 Å². The highest BCUT2D eigenvalue weighted by Crippen LogP contribution is 2.25. The third-order valence-electron chi connectivity index (χ3n) is 4.45. The number of benzene rings is 2. The van der Waals surface area contributed by atoms with Gasteiger partial charge in [0.15, 0.2) is 5.69 Å². The molecule has 0 fully saturated rings. The minimum Gasteiger partial charge on any atom is -0.496 e. The molecular formula is C22H19N5O2. The number of pyridine rings is 1. The van der Waals surface area contributed by atoms with Gasteiger partial charge in [-0.05, 0) is 30.3 Å². The van der Waals surface area contributed by atoms with Crippen LogP contribution in [0.5, 0.6) is 5.75 Å². The highest BCUT2D eigenvalue weighted by molar-refractivity contribution is 5.98. The van der Waals surface area contributed by atoms with Gasteiger partial charge in [-0.25, -0.2) is 4.68 Å². The van der Waals surface area contributed by atoms with Gasteiger partial charge in [0.25, 0.3) is 5.91 Å². The van der Waals surface area contributed by atoms with E-state index in [0.29, 0.717) is 18.0 Å². The quantitative estimate of drug-likeness (QED) is 0.551. The van der Waals surface area contributed by atoms with Crippen molar-refractivity contribution in [1.82, 2.24) is 25.3 Å². The number of hydrogen-bond donors (Lipinski definition) is 1. The monoisotopic (exact) mass is 385 g/mol. The summed E-state index contributed by atoms with van der Waals surface area (Å²) < 4.78 is 6.99. The Balaban J connectivity index is 1.68. The summed E-state index contributed by atoms with van der Waals surface area (Å²) in [4.78, 5) is 17.1. The zero-order valence-corrected chi connectivity index (χ0v) is 15.8. The average Bonchev–Trinajstić information content (AvgIpc) is 3.24. The highest BCUT2D eigenvalue weighted by Gasteiger charge is 2.22. The average molecular weight is 385 g/mol. The van der Waals surface area contributed by atoms with E-state index in [-0.39, 0.29) is 11.6 Å². The Morgan fingerprint density at radius 2 is 1.83 bits per heavy atom. The van der Waals surface area contributed by atoms with E-state index in [1.54, 1.807) is 24.2 Å². The summed E-state index contributed by atoms with van der Waals surface area (Å²) in [5, 5.41) is 11.3. The van der Waals surface area contributed by atoms with Crippen molar-refractivity contribution in [3.63, 3.8) is 0 Å². The first-order valence-corrected chi connectivity index (χ1v) is 9.09. The molecule has 2 aromatic carbocycles. The second-order valence-electron chi connectivity index (χ2n) is 6.27. The van der Waals surface area contributed by atoms with Gasteiger partial charge in [0, 0.05) is 30.1 Å². The maximum Gasteiger partial charge on any atom is 0.274 e. The van der Waals surface area contributed by atoms with Gasteiger partial charge in [0.2, 0.25) is 0 Å². The summed E-state index contributed by atoms with van der Waals surface area (Å²) in [5.41, 5.74) is 3.26. The number of aromatic nitrogens is 4. The Hall–Kier alpha value is -4.00. The van der Waals surface area contributed by atoms with E-state index in [0.717, 1.165) is 16.8 Å². The van der Waals surface area contributed by atoms with E-state index in [2.05, 4.69) is 20.6 Å². The lowest BCUT2D eigenvalue weighted by atomic mass is 10.1. The predicted octanol–water partition coefficient (Wildman–Crippen LogP) is 3.27. The summed E-state index contributed by atoms with van der Waals surface area (Å²) in [6, 6.07) is 20.8. The van der Waals surface area contributed by atoms with Gasteiger partial charge in [-0.15, -0.1) is 5.10 Å². The molecule has 0 unspecified atom stereocenters. The molecule has 7 heteroatoms. The molecule has 0 spiro atoms. The van der Waals surface area contributed by atoms with Gasteiger partial charge < -0.3 is 10.1 Å². The highest BCUT2D eigenvalue weighted by atomic mass is 16.5. The molecule has 1 amide bonds. The molecule has 0 aliphatic heterocycles. The van der Waals surface area contributed by atoms with Crippen LogP contribution in [0.25, 0.3) is 16.9 Å². The molecule has 0 aliphatic rings. The molecule has 2 aromatic heterocycles. The number of hydrogen-bond acceptors (Lipinski definition) is 5. The van der Waals surface area contributed by atoms with Crippen LogP contribution in [-0.4, -0.2) is 33.0 Å². The van der Waals surface area contributed by atoms with Crippen LogP contribution in [0.15, 0.2) is 79.1 Å². The van der Waals surface area contributed by atoms with Gasteiger partial charge in [-0.2, -0.15) is 0 Å². The number of methoxy groups -OCH3 is 1. The molecule has 29 heavy (non-hydrogen) atoms. The lowest BCUT2D eigenvalue weighted by molar-refractivity contribution is 0.0946. The maximum atomic E-state index is 13.0. The van der Waals surface area contributed by atoms with Crippen LogP contribution in [0.2, 0.25) is 0 Å². The SMILES string of the molecule is COc1ccccc1CNC(=O)c1nnn(-c2ccccc2)c1-c1cccnc1. The number of rotatable bonds is 6. The fourth-order valence-corrected chi connectivity index (χ4v) is 3.05. The fourth-order valence-electron chi connectivity index (χ4n) is 3.05. The second-order valence-corrected chi connectivity index (χ2v) is 6.27. The molecule has 0 bridgehead atoms. The molecular weight excluding hydrogens is 366 g/mol. The number of para-hydroxylation sites is 2. The zero-order valence-electron chi connectivity index (χ0n) is 15.8. The Labute approximate surface area is 168 Å². The molecule has 7 nitrogen and oxygen atoms in total. The molecule has 4 rings (SSSR count). The van der Waals surface area contributed by atoms with Crippen molar-refractivity contribution in [1.29, 1.82) is 0 Å². The minimum atomic E-state index is -0.322. The van der Waals surface area contributed by atoms with Crippen LogP contribution in [0.1, 0.15) is 16.1 Å². The number of carbonyl (C=O) groups excluding carboxylic acids is 1. The van der Waals surface area contributed by atoms with Crippen molar-refractivity contribution >= 4 is 5.91 Å². The van der Waals surface area contributed by atoms with Crippen LogP contribution in [0, 0.1) is 0 Å². The number of amides is 1. The van der Waals surface area contributed by atoms with Gasteiger partial charge in [-0.3, -0.25) is 9.78 Å². The number of nitrogens with one attached hydrogen (secondary N) is 1. The summed E-state index contributed by atoms with van der Waals surface area (Å²) in [6.07, 6.45) is 3.37. The van der Waals surface area contributed by atoms with Crippen molar-refractivity contribution in [2.45, 2.75) is 6.54 Å². The molecule has 1 N–H and O–H groups in total. The summed E-state index contributed by atoms with van der Waals surface area (Å²) >= 11 is 0. The Morgan fingerprint density at radius 1 is 1.03 bits per heavy atom. The number of nitrogens with zero attached hydrogens (tertiary/aromatic N) is 4. The smallest absolute Gasteiger partial charge is 0.274 e. The lowest BCUT2D eigenvalue weighted by Crippen LogP contribution is -2.24. The summed E-state index contributed by atoms with van der Waals surface area (Å²) in [5.74, 6) is 0.394. The third kappa shape index (κ3) is 3.84. The van der Waals surface area contributed by atoms with Crippen molar-refractivity contribution in [2.24, 2.45) is 0 Å². The van der Waals surface area contributed by atoms with Crippen LogP contribution in [0.3, 0.4) is 0 Å². The standard InChI is InChI=1S/C22H19N5O2/c1-29-19-12-6-5-8-16(19)15-24-22(28)20-21(17-9-7-13-23-14-17)27(26-25-20)18-10-3-2-4-11-18/h2-14H,15H2,1H3,(H,24,28). The number of carbonyl (C=O) groups is 1. The molecule has 0 radical (unpaired) electrons. The van der Waals surface area contributed by atoms with Crippen LogP contribution in [0.4, 0.5) is 0 Å². The molecule has 0 saturated heterocycles. The van der Waals surface area contributed by atoms with Crippen molar-refractivity contribution in [3.8, 4) is 22.7 Å². The first kappa shape index (κ1) is 18.4.